The van der Waals surface area contributed by atoms with Crippen LogP contribution in [0.3, 0.4) is 0 Å². The molecule has 26 heavy (non-hydrogen) atoms. The fourth-order valence-corrected chi connectivity index (χ4v) is 5.08. The third-order valence-electron chi connectivity index (χ3n) is 4.49. The Balaban J connectivity index is 2.12. The van der Waals surface area contributed by atoms with E-state index < -0.39 is 27.7 Å². The van der Waals surface area contributed by atoms with E-state index in [1.807, 2.05) is 0 Å². The smallest absolute Gasteiger partial charge is 0.309 e. The van der Waals surface area contributed by atoms with Crippen molar-refractivity contribution in [3.63, 3.8) is 0 Å². The standard InChI is InChI=1S/C17H24FN3O4S/c1-12-11-13(18)6-7-15(12)26(24,25)21-10-4-3-5-14(21)8-9-20-17(23)16(22)19-2/h6-7,11,14H,3-5,8-10H2,1-2H3,(H,19,22)(H,20,23)/t14-/m0/s1. The van der Waals surface area contributed by atoms with Crippen molar-refractivity contribution in [3.8, 4) is 0 Å². The molecule has 1 atom stereocenters. The minimum atomic E-state index is -3.76. The first-order chi connectivity index (χ1) is 12.3. The summed E-state index contributed by atoms with van der Waals surface area (Å²) in [5.74, 6) is -1.96. The van der Waals surface area contributed by atoms with Crippen molar-refractivity contribution in [2.24, 2.45) is 0 Å². The highest BCUT2D eigenvalue weighted by molar-refractivity contribution is 7.89. The molecule has 0 radical (unpaired) electrons. The average Bonchev–Trinajstić information content (AvgIpc) is 2.60. The van der Waals surface area contributed by atoms with Crippen LogP contribution in [0.4, 0.5) is 4.39 Å². The lowest BCUT2D eigenvalue weighted by molar-refractivity contribution is -0.138. The molecule has 7 nitrogen and oxygen atoms in total. The van der Waals surface area contributed by atoms with Crippen molar-refractivity contribution in [2.45, 2.75) is 43.5 Å². The minimum Gasteiger partial charge on any atom is -0.351 e. The number of carbonyl (C=O) groups excluding carboxylic acids is 2. The van der Waals surface area contributed by atoms with Gasteiger partial charge in [-0.25, -0.2) is 12.8 Å². The van der Waals surface area contributed by atoms with Gasteiger partial charge < -0.3 is 10.6 Å². The highest BCUT2D eigenvalue weighted by atomic mass is 32.2. The van der Waals surface area contributed by atoms with E-state index >= 15 is 0 Å². The second-order valence-corrected chi connectivity index (χ2v) is 8.16. The Bertz CT molecular complexity index is 782. The van der Waals surface area contributed by atoms with Gasteiger partial charge in [-0.1, -0.05) is 6.42 Å². The zero-order chi connectivity index (χ0) is 19.3. The summed E-state index contributed by atoms with van der Waals surface area (Å²) < 4.78 is 40.8. The summed E-state index contributed by atoms with van der Waals surface area (Å²) in [6.07, 6.45) is 2.72. The third-order valence-corrected chi connectivity index (χ3v) is 6.61. The predicted octanol–water partition coefficient (Wildman–Crippen LogP) is 0.930. The van der Waals surface area contributed by atoms with Gasteiger partial charge in [-0.3, -0.25) is 9.59 Å². The summed E-state index contributed by atoms with van der Waals surface area (Å²) in [6, 6.07) is 3.36. The predicted molar refractivity (Wildman–Crippen MR) is 94.4 cm³/mol. The lowest BCUT2D eigenvalue weighted by Gasteiger charge is -2.35. The van der Waals surface area contributed by atoms with Gasteiger partial charge in [0.25, 0.3) is 0 Å². The van der Waals surface area contributed by atoms with Gasteiger partial charge in [0, 0.05) is 26.2 Å². The number of hydrogen-bond acceptors (Lipinski definition) is 4. The molecule has 0 spiro atoms. The molecule has 2 N–H and O–H groups in total. The number of benzene rings is 1. The number of likely N-dealkylation sites (N-methyl/N-ethyl adjacent to an activating group) is 1. The van der Waals surface area contributed by atoms with Crippen molar-refractivity contribution in [3.05, 3.63) is 29.6 Å². The van der Waals surface area contributed by atoms with E-state index in [1.54, 1.807) is 6.92 Å². The first kappa shape index (κ1) is 20.3. The molecular weight excluding hydrogens is 361 g/mol. The van der Waals surface area contributed by atoms with Crippen molar-refractivity contribution >= 4 is 21.8 Å². The van der Waals surface area contributed by atoms with E-state index in [9.17, 15) is 22.4 Å². The second kappa shape index (κ2) is 8.59. The van der Waals surface area contributed by atoms with Crippen LogP contribution in [-0.4, -0.2) is 50.7 Å². The van der Waals surface area contributed by atoms with Crippen molar-refractivity contribution in [1.29, 1.82) is 0 Å². The maximum absolute atomic E-state index is 13.3. The van der Waals surface area contributed by atoms with E-state index in [0.717, 1.165) is 18.9 Å². The number of nitrogens with one attached hydrogen (secondary N) is 2. The molecule has 1 aromatic carbocycles. The Morgan fingerprint density at radius 2 is 2.00 bits per heavy atom. The van der Waals surface area contributed by atoms with Gasteiger partial charge in [0.05, 0.1) is 4.90 Å². The molecule has 1 aliphatic rings. The number of nitrogens with zero attached hydrogens (tertiary/aromatic N) is 1. The van der Waals surface area contributed by atoms with Gasteiger partial charge in [0.15, 0.2) is 0 Å². The van der Waals surface area contributed by atoms with Gasteiger partial charge in [-0.05, 0) is 49.9 Å². The summed E-state index contributed by atoms with van der Waals surface area (Å²) in [7, 11) is -2.39. The van der Waals surface area contributed by atoms with E-state index in [1.165, 1.54) is 23.5 Å². The molecule has 144 valence electrons. The molecule has 9 heteroatoms. The molecule has 1 aliphatic heterocycles. The van der Waals surface area contributed by atoms with Crippen LogP contribution < -0.4 is 10.6 Å². The van der Waals surface area contributed by atoms with Gasteiger partial charge >= 0.3 is 11.8 Å². The summed E-state index contributed by atoms with van der Waals surface area (Å²) in [4.78, 5) is 22.8. The van der Waals surface area contributed by atoms with Crippen molar-refractivity contribution in [1.82, 2.24) is 14.9 Å². The number of rotatable bonds is 5. The van der Waals surface area contributed by atoms with E-state index in [2.05, 4.69) is 10.6 Å². The van der Waals surface area contributed by atoms with Gasteiger partial charge in [-0.15, -0.1) is 0 Å². The van der Waals surface area contributed by atoms with E-state index in [0.29, 0.717) is 24.9 Å². The zero-order valence-corrected chi connectivity index (χ0v) is 15.7. The van der Waals surface area contributed by atoms with Gasteiger partial charge in [-0.2, -0.15) is 4.31 Å². The van der Waals surface area contributed by atoms with Gasteiger partial charge in [0.1, 0.15) is 5.82 Å². The maximum Gasteiger partial charge on any atom is 0.309 e. The Hall–Kier alpha value is -2.00. The molecule has 1 aromatic rings. The fraction of sp³-hybridized carbons (Fsp3) is 0.529. The second-order valence-electron chi connectivity index (χ2n) is 6.30. The van der Waals surface area contributed by atoms with E-state index in [-0.39, 0.29) is 17.5 Å². The Morgan fingerprint density at radius 3 is 2.65 bits per heavy atom. The van der Waals surface area contributed by atoms with Gasteiger partial charge in [0.2, 0.25) is 10.0 Å². The molecule has 1 saturated heterocycles. The molecule has 2 rings (SSSR count). The molecule has 0 aliphatic carbocycles. The molecule has 0 unspecified atom stereocenters. The first-order valence-electron chi connectivity index (χ1n) is 8.55. The van der Waals surface area contributed by atoms with Crippen LogP contribution in [-0.2, 0) is 19.6 Å². The number of amides is 2. The Kier molecular flexibility index (Phi) is 6.71. The monoisotopic (exact) mass is 385 g/mol. The lowest BCUT2D eigenvalue weighted by atomic mass is 10.0. The van der Waals surface area contributed by atoms with Crippen LogP contribution in [0.2, 0.25) is 0 Å². The summed E-state index contributed by atoms with van der Waals surface area (Å²) in [5, 5.41) is 4.72. The SMILES string of the molecule is CNC(=O)C(=O)NCC[C@@H]1CCCCN1S(=O)(=O)c1ccc(F)cc1C. The number of sulfonamides is 1. The van der Waals surface area contributed by atoms with Crippen LogP contribution in [0.25, 0.3) is 0 Å². The third kappa shape index (κ3) is 4.59. The quantitative estimate of drug-likeness (QED) is 0.737. The topological polar surface area (TPSA) is 95.6 Å². The lowest BCUT2D eigenvalue weighted by Crippen LogP contribution is -2.46. The number of piperidine rings is 1. The summed E-state index contributed by atoms with van der Waals surface area (Å²) in [5.41, 5.74) is 0.363. The first-order valence-corrected chi connectivity index (χ1v) is 9.99. The molecular formula is C17H24FN3O4S. The molecule has 1 heterocycles. The highest BCUT2D eigenvalue weighted by Gasteiger charge is 2.34. The van der Waals surface area contributed by atoms with Crippen LogP contribution in [0.5, 0.6) is 0 Å². The number of carbonyl (C=O) groups is 2. The molecule has 0 bridgehead atoms. The number of hydrogen-bond donors (Lipinski definition) is 2. The highest BCUT2D eigenvalue weighted by Crippen LogP contribution is 2.28. The summed E-state index contributed by atoms with van der Waals surface area (Å²) >= 11 is 0. The largest absolute Gasteiger partial charge is 0.351 e. The Labute approximate surface area is 153 Å². The van der Waals surface area contributed by atoms with Crippen molar-refractivity contribution in [2.75, 3.05) is 20.1 Å². The van der Waals surface area contributed by atoms with Crippen LogP contribution in [0, 0.1) is 12.7 Å². The average molecular weight is 385 g/mol. The summed E-state index contributed by atoms with van der Waals surface area (Å²) in [6.45, 7) is 2.15. The molecule has 0 saturated carbocycles. The van der Waals surface area contributed by atoms with Crippen LogP contribution in [0.1, 0.15) is 31.2 Å². The zero-order valence-electron chi connectivity index (χ0n) is 14.9. The Morgan fingerprint density at radius 1 is 1.27 bits per heavy atom. The normalized spacial score (nSPS) is 18.3. The van der Waals surface area contributed by atoms with Crippen LogP contribution in [0.15, 0.2) is 23.1 Å². The fourth-order valence-electron chi connectivity index (χ4n) is 3.15. The molecule has 1 fully saturated rings. The number of halogens is 1. The molecule has 2 amide bonds. The maximum atomic E-state index is 13.3. The number of aryl methyl sites for hydroxylation is 1. The van der Waals surface area contributed by atoms with E-state index in [4.69, 9.17) is 0 Å². The minimum absolute atomic E-state index is 0.0974. The molecule has 0 aromatic heterocycles. The van der Waals surface area contributed by atoms with Crippen LogP contribution >= 0.6 is 0 Å². The van der Waals surface area contributed by atoms with Crippen molar-refractivity contribution < 1.29 is 22.4 Å².